The molecule has 0 aliphatic rings. The van der Waals surface area contributed by atoms with Crippen molar-refractivity contribution in [1.29, 1.82) is 0 Å². The van der Waals surface area contributed by atoms with Crippen LogP contribution in [0.3, 0.4) is 0 Å². The van der Waals surface area contributed by atoms with Crippen LogP contribution in [0.15, 0.2) is 6.58 Å². The average molecular weight is 294 g/mol. The fourth-order valence-corrected chi connectivity index (χ4v) is 0. The summed E-state index contributed by atoms with van der Waals surface area (Å²) < 4.78 is 0. The van der Waals surface area contributed by atoms with Crippen LogP contribution in [0.25, 0.3) is 0 Å². The largest absolute Gasteiger partial charge is 0.521 e. The topological polar surface area (TPSA) is 0 Å². The standard InChI is InChI=1S/C2H3.3Y/c1-2;;;/h1H,2H2;;;/q-1;;;. The van der Waals surface area contributed by atoms with Gasteiger partial charge in [0.05, 0.1) is 0 Å². The molecule has 0 spiro atoms. The van der Waals surface area contributed by atoms with E-state index in [0.717, 1.165) is 0 Å². The van der Waals surface area contributed by atoms with Gasteiger partial charge in [-0.05, 0) is 0 Å². The van der Waals surface area contributed by atoms with Gasteiger partial charge in [-0.1, -0.05) is 0 Å². The Bertz CT molecular complexity index is 4.85. The van der Waals surface area contributed by atoms with Crippen molar-refractivity contribution >= 4 is 0 Å². The Balaban J connectivity index is -0.00000000167. The smallest absolute Gasteiger partial charge is 0 e. The van der Waals surface area contributed by atoms with Crippen LogP contribution in [-0.2, 0) is 98.1 Å². The average Bonchev–Trinajstić information content (AvgIpc) is 1.00. The van der Waals surface area contributed by atoms with E-state index in [2.05, 4.69) is 13.2 Å². The van der Waals surface area contributed by atoms with Crippen molar-refractivity contribution in [2.75, 3.05) is 0 Å². The van der Waals surface area contributed by atoms with Crippen LogP contribution in [0.5, 0.6) is 0 Å². The Morgan fingerprint density at radius 1 is 0.800 bits per heavy atom. The molecule has 0 bridgehead atoms. The first-order valence-corrected chi connectivity index (χ1v) is 0.408. The second-order valence-corrected chi connectivity index (χ2v) is 0. The quantitative estimate of drug-likeness (QED) is 0.574. The molecule has 0 saturated carbocycles. The molecular formula is C2H3Y3-. The molecule has 3 heteroatoms. The van der Waals surface area contributed by atoms with Gasteiger partial charge in [0.15, 0.2) is 0 Å². The summed E-state index contributed by atoms with van der Waals surface area (Å²) in [7, 11) is 0. The number of hydrogen-bond acceptors (Lipinski definition) is 0. The fraction of sp³-hybridized carbons (Fsp3) is 0. The van der Waals surface area contributed by atoms with Gasteiger partial charge in [-0.15, -0.1) is 0 Å². The zero-order chi connectivity index (χ0) is 2.00. The monoisotopic (exact) mass is 294 g/mol. The van der Waals surface area contributed by atoms with Gasteiger partial charge in [0, 0.05) is 98.1 Å². The third-order valence-corrected chi connectivity index (χ3v) is 0. The predicted octanol–water partition coefficient (Wildman–Crippen LogP) is 0.598. The van der Waals surface area contributed by atoms with Crippen LogP contribution in [0.1, 0.15) is 0 Å². The third-order valence-electron chi connectivity index (χ3n) is 0. The molecule has 21 valence electrons. The van der Waals surface area contributed by atoms with Crippen LogP contribution in [0.4, 0.5) is 0 Å². The zero-order valence-electron chi connectivity index (χ0n) is 3.02. The molecule has 0 nitrogen and oxygen atoms in total. The Morgan fingerprint density at radius 3 is 0.800 bits per heavy atom. The Kier molecular flexibility index (Phi) is 135. The first-order valence-electron chi connectivity index (χ1n) is 0.408. The molecule has 3 radical (unpaired) electrons. The molecular weight excluding hydrogens is 291 g/mol. The van der Waals surface area contributed by atoms with Gasteiger partial charge >= 0.3 is 0 Å². The first-order chi connectivity index (χ1) is 1.00. The van der Waals surface area contributed by atoms with E-state index in [9.17, 15) is 0 Å². The van der Waals surface area contributed by atoms with E-state index in [4.69, 9.17) is 0 Å². The van der Waals surface area contributed by atoms with Gasteiger partial charge < -0.3 is 6.58 Å². The molecule has 0 unspecified atom stereocenters. The zero-order valence-corrected chi connectivity index (χ0v) is 11.5. The second-order valence-electron chi connectivity index (χ2n) is 0. The molecule has 0 rings (SSSR count). The van der Waals surface area contributed by atoms with E-state index < -0.39 is 0 Å². The summed E-state index contributed by atoms with van der Waals surface area (Å²) >= 11 is 0. The maximum Gasteiger partial charge on any atom is 0 e. The molecule has 0 aliphatic heterocycles. The summed E-state index contributed by atoms with van der Waals surface area (Å²) in [6.45, 7) is 7.00. The molecule has 5 heavy (non-hydrogen) atoms. The maximum atomic E-state index is 4.25. The fourth-order valence-electron chi connectivity index (χ4n) is 0. The summed E-state index contributed by atoms with van der Waals surface area (Å²) in [4.78, 5) is 0. The Labute approximate surface area is 109 Å². The van der Waals surface area contributed by atoms with Crippen LogP contribution in [-0.4, -0.2) is 0 Å². The van der Waals surface area contributed by atoms with Gasteiger partial charge in [-0.3, -0.25) is 6.58 Å². The molecule has 0 fully saturated rings. The molecule has 0 aromatic rings. The molecule has 0 amide bonds. The molecule has 0 saturated heterocycles. The van der Waals surface area contributed by atoms with Gasteiger partial charge in [0.25, 0.3) is 0 Å². The molecule has 0 aromatic carbocycles. The minimum atomic E-state index is 0. The SMILES string of the molecule is [CH-]=C.[Y].[Y].[Y]. The molecule has 0 aromatic heterocycles. The van der Waals surface area contributed by atoms with Crippen molar-refractivity contribution in [3.63, 3.8) is 0 Å². The molecule has 0 heterocycles. The summed E-state index contributed by atoms with van der Waals surface area (Å²) in [5, 5.41) is 0. The Morgan fingerprint density at radius 2 is 0.800 bits per heavy atom. The summed E-state index contributed by atoms with van der Waals surface area (Å²) in [5.74, 6) is 0. The van der Waals surface area contributed by atoms with E-state index in [1.54, 1.807) is 0 Å². The number of rotatable bonds is 0. The van der Waals surface area contributed by atoms with Crippen molar-refractivity contribution < 1.29 is 98.1 Å². The minimum absolute atomic E-state index is 0. The van der Waals surface area contributed by atoms with Crippen molar-refractivity contribution in [2.45, 2.75) is 0 Å². The molecule has 0 aliphatic carbocycles. The van der Waals surface area contributed by atoms with Gasteiger partial charge in [-0.25, -0.2) is 0 Å². The normalized spacial score (nSPS) is 0.800. The van der Waals surface area contributed by atoms with Crippen molar-refractivity contribution in [3.8, 4) is 0 Å². The van der Waals surface area contributed by atoms with E-state index >= 15 is 0 Å². The van der Waals surface area contributed by atoms with Crippen LogP contribution < -0.4 is 0 Å². The summed E-state index contributed by atoms with van der Waals surface area (Å²) in [6.07, 6.45) is 0. The van der Waals surface area contributed by atoms with E-state index in [0.29, 0.717) is 0 Å². The van der Waals surface area contributed by atoms with Crippen LogP contribution in [0.2, 0.25) is 0 Å². The summed E-state index contributed by atoms with van der Waals surface area (Å²) in [6, 6.07) is 0. The van der Waals surface area contributed by atoms with Crippen LogP contribution in [0, 0.1) is 6.58 Å². The van der Waals surface area contributed by atoms with E-state index in [-0.39, 0.29) is 98.1 Å². The predicted molar refractivity (Wildman–Crippen MR) is 9.93 cm³/mol. The maximum absolute atomic E-state index is 4.25. The van der Waals surface area contributed by atoms with E-state index in [1.807, 2.05) is 0 Å². The van der Waals surface area contributed by atoms with Gasteiger partial charge in [-0.2, -0.15) is 0 Å². The van der Waals surface area contributed by atoms with Gasteiger partial charge in [0.1, 0.15) is 0 Å². The first kappa shape index (κ1) is 24.4. The van der Waals surface area contributed by atoms with E-state index in [1.165, 1.54) is 0 Å². The Hall–Kier alpha value is 3.05. The van der Waals surface area contributed by atoms with Crippen molar-refractivity contribution in [3.05, 3.63) is 13.2 Å². The van der Waals surface area contributed by atoms with Crippen LogP contribution >= 0.6 is 0 Å². The minimum Gasteiger partial charge on any atom is -0.521 e. The molecule has 0 atom stereocenters. The number of hydrogen-bond donors (Lipinski definition) is 0. The van der Waals surface area contributed by atoms with Crippen molar-refractivity contribution in [1.82, 2.24) is 0 Å². The second kappa shape index (κ2) is 27.7. The summed E-state index contributed by atoms with van der Waals surface area (Å²) in [5.41, 5.74) is 0. The molecule has 0 N–H and O–H groups in total. The third kappa shape index (κ3) is 19.3. The van der Waals surface area contributed by atoms with Gasteiger partial charge in [0.2, 0.25) is 0 Å². The van der Waals surface area contributed by atoms with Crippen molar-refractivity contribution in [2.24, 2.45) is 0 Å².